The maximum absolute atomic E-state index is 10.1. The minimum atomic E-state index is -0.0229. The summed E-state index contributed by atoms with van der Waals surface area (Å²) in [6, 6.07) is 0. The first-order valence-electron chi connectivity index (χ1n) is 9.56. The van der Waals surface area contributed by atoms with E-state index in [-0.39, 0.29) is 50.2 Å². The van der Waals surface area contributed by atoms with Crippen LogP contribution in [0.1, 0.15) is 71.6 Å². The average Bonchev–Trinajstić information content (AvgIpc) is 2.84. The van der Waals surface area contributed by atoms with Gasteiger partial charge in [0.25, 0.3) is 0 Å². The summed E-state index contributed by atoms with van der Waals surface area (Å²) in [5.74, 6) is 3.47. The van der Waals surface area contributed by atoms with E-state index in [0.29, 0.717) is 10.8 Å². The van der Waals surface area contributed by atoms with E-state index in [4.69, 9.17) is 0 Å². The molecule has 0 bridgehead atoms. The van der Waals surface area contributed by atoms with Gasteiger partial charge in [0.1, 0.15) is 0 Å². The molecule has 1 nitrogen and oxygen atoms in total. The summed E-state index contributed by atoms with van der Waals surface area (Å²) in [6.07, 6.45) is 11.5. The van der Waals surface area contributed by atoms with Gasteiger partial charge < -0.3 is 5.11 Å². The Morgan fingerprint density at radius 2 is 1.83 bits per heavy atom. The van der Waals surface area contributed by atoms with E-state index in [9.17, 15) is 5.11 Å². The Balaban J connectivity index is 0.00000156. The van der Waals surface area contributed by atoms with E-state index in [0.717, 1.165) is 36.5 Å². The molecular weight excluding hydrogens is 495 g/mol. The average molecular weight is 527 g/mol. The number of aliphatic hydroxyl groups excluding tert-OH is 1. The van der Waals surface area contributed by atoms with Crippen LogP contribution < -0.4 is 0 Å². The van der Waals surface area contributed by atoms with Gasteiger partial charge in [0.05, 0.1) is 6.10 Å². The second-order valence-corrected chi connectivity index (χ2v) is 9.24. The molecule has 125 valence electrons. The van der Waals surface area contributed by atoms with Crippen molar-refractivity contribution in [1.29, 1.82) is 0 Å². The van der Waals surface area contributed by atoms with Crippen molar-refractivity contribution in [3.8, 4) is 0 Å². The van der Waals surface area contributed by atoms with Gasteiger partial charge in [-0.05, 0) is 97.9 Å². The quantitative estimate of drug-likeness (QED) is 0.435. The second kappa shape index (κ2) is 6.58. The summed E-state index contributed by atoms with van der Waals surface area (Å²) < 4.78 is 0. The molecule has 5 unspecified atom stereocenters. The number of allylic oxidation sites excluding steroid dienone is 1. The van der Waals surface area contributed by atoms with E-state index in [1.165, 1.54) is 50.5 Å². The fourth-order valence-electron chi connectivity index (χ4n) is 7.34. The molecule has 4 fully saturated rings. The predicted molar refractivity (Wildman–Crippen MR) is 90.4 cm³/mol. The van der Waals surface area contributed by atoms with Crippen LogP contribution in [-0.2, 0) is 0 Å². The summed E-state index contributed by atoms with van der Waals surface area (Å²) in [4.78, 5) is 0. The van der Waals surface area contributed by atoms with E-state index < -0.39 is 0 Å². The molecule has 1 radical (unpaired) electrons. The SMILES string of the molecule is C=C=C1CCC2C3CCC4CC(O)CC[C@]4(C)C3CC[C@]12C.[Ac]. The molecule has 4 aliphatic rings. The number of hydrogen-bond donors (Lipinski definition) is 1. The van der Waals surface area contributed by atoms with Crippen molar-refractivity contribution in [2.24, 2.45) is 34.5 Å². The van der Waals surface area contributed by atoms with Gasteiger partial charge in [-0.3, -0.25) is 0 Å². The Bertz CT molecular complexity index is 522. The molecule has 1 N–H and O–H groups in total. The molecule has 0 aromatic carbocycles. The van der Waals surface area contributed by atoms with Crippen molar-refractivity contribution < 1.29 is 49.2 Å². The first-order chi connectivity index (χ1) is 10.5. The summed E-state index contributed by atoms with van der Waals surface area (Å²) in [6.45, 7) is 9.06. The van der Waals surface area contributed by atoms with E-state index in [2.05, 4.69) is 26.2 Å². The molecule has 7 atom stereocenters. The fourth-order valence-corrected chi connectivity index (χ4v) is 7.34. The molecule has 0 saturated heterocycles. The molecule has 23 heavy (non-hydrogen) atoms. The van der Waals surface area contributed by atoms with Gasteiger partial charge in [-0.2, -0.15) is 0 Å². The molecule has 0 aromatic rings. The maximum atomic E-state index is 10.1. The Morgan fingerprint density at radius 1 is 1.04 bits per heavy atom. The molecule has 0 heterocycles. The zero-order chi connectivity index (χ0) is 15.5. The van der Waals surface area contributed by atoms with Crippen LogP contribution in [0.4, 0.5) is 0 Å². The van der Waals surface area contributed by atoms with Crippen LogP contribution in [0.25, 0.3) is 0 Å². The van der Waals surface area contributed by atoms with E-state index in [1.54, 1.807) is 0 Å². The van der Waals surface area contributed by atoms with Crippen LogP contribution in [0, 0.1) is 78.6 Å². The zero-order valence-electron chi connectivity index (χ0n) is 15.0. The summed E-state index contributed by atoms with van der Waals surface area (Å²) in [5.41, 5.74) is 5.74. The Labute approximate surface area is 177 Å². The van der Waals surface area contributed by atoms with Gasteiger partial charge in [-0.25, -0.2) is 0 Å². The first-order valence-corrected chi connectivity index (χ1v) is 9.56. The number of aliphatic hydroxyl groups is 1. The van der Waals surface area contributed by atoms with E-state index in [1.807, 2.05) is 0 Å². The van der Waals surface area contributed by atoms with Crippen LogP contribution in [0.15, 0.2) is 17.9 Å². The van der Waals surface area contributed by atoms with Crippen molar-refractivity contribution in [3.63, 3.8) is 0 Å². The van der Waals surface area contributed by atoms with Crippen LogP contribution in [0.3, 0.4) is 0 Å². The molecule has 2 heteroatoms. The topological polar surface area (TPSA) is 20.2 Å². The Kier molecular flexibility index (Phi) is 5.35. The van der Waals surface area contributed by atoms with Gasteiger partial charge >= 0.3 is 0 Å². The summed E-state index contributed by atoms with van der Waals surface area (Å²) in [7, 11) is 0. The zero-order valence-corrected chi connectivity index (χ0v) is 19.7. The smallest absolute Gasteiger partial charge is 0.0543 e. The third kappa shape index (κ3) is 2.70. The van der Waals surface area contributed by atoms with Gasteiger partial charge in [0.15, 0.2) is 0 Å². The summed E-state index contributed by atoms with van der Waals surface area (Å²) >= 11 is 0. The molecule has 0 amide bonds. The third-order valence-corrected chi connectivity index (χ3v) is 8.64. The predicted octanol–water partition coefficient (Wildman–Crippen LogP) is 5.10. The monoisotopic (exact) mass is 527 g/mol. The molecule has 0 spiro atoms. The normalized spacial score (nSPS) is 51.8. The molecular formula is C21H32AcO. The number of fused-ring (bicyclic) bond motifs is 5. The van der Waals surface area contributed by atoms with Crippen LogP contribution >= 0.6 is 0 Å². The minimum absolute atomic E-state index is 0. The number of hydrogen-bond acceptors (Lipinski definition) is 1. The summed E-state index contributed by atoms with van der Waals surface area (Å²) in [5, 5.41) is 10.1. The molecule has 4 rings (SSSR count). The van der Waals surface area contributed by atoms with Crippen molar-refractivity contribution >= 4 is 0 Å². The minimum Gasteiger partial charge on any atom is -0.393 e. The van der Waals surface area contributed by atoms with E-state index >= 15 is 0 Å². The fraction of sp³-hybridized carbons (Fsp3) is 0.857. The van der Waals surface area contributed by atoms with Gasteiger partial charge in [0, 0.05) is 44.1 Å². The Morgan fingerprint density at radius 3 is 2.57 bits per heavy atom. The van der Waals surface area contributed by atoms with Crippen LogP contribution in [0.2, 0.25) is 0 Å². The second-order valence-electron chi connectivity index (χ2n) is 9.24. The van der Waals surface area contributed by atoms with Gasteiger partial charge in [-0.1, -0.05) is 20.4 Å². The van der Waals surface area contributed by atoms with Crippen molar-refractivity contribution in [1.82, 2.24) is 0 Å². The molecule has 0 aromatic heterocycles. The Hall–Kier alpha value is 0.922. The van der Waals surface area contributed by atoms with Crippen LogP contribution in [0.5, 0.6) is 0 Å². The van der Waals surface area contributed by atoms with Crippen molar-refractivity contribution in [2.75, 3.05) is 0 Å². The third-order valence-electron chi connectivity index (χ3n) is 8.64. The number of rotatable bonds is 0. The maximum Gasteiger partial charge on any atom is 0.0543 e. The van der Waals surface area contributed by atoms with Crippen molar-refractivity contribution in [3.05, 3.63) is 17.9 Å². The van der Waals surface area contributed by atoms with Gasteiger partial charge in [0.2, 0.25) is 0 Å². The molecule has 4 saturated carbocycles. The van der Waals surface area contributed by atoms with Crippen molar-refractivity contribution in [2.45, 2.75) is 77.7 Å². The molecule has 4 aliphatic carbocycles. The molecule has 0 aliphatic heterocycles. The van der Waals surface area contributed by atoms with Crippen LogP contribution in [-0.4, -0.2) is 11.2 Å². The van der Waals surface area contributed by atoms with Gasteiger partial charge in [-0.15, -0.1) is 5.73 Å². The standard InChI is InChI=1S/C21H32O.Ac/c1-4-14-6-8-18-17-7-5-15-13-16(22)9-11-21(15,3)19(17)10-12-20(14,18)2;/h15-19,22H,1,5-13H2,2-3H3;/t15?,16?,17?,18?,19?,20-,21+;/m1./s1. The first kappa shape index (κ1) is 18.7. The largest absolute Gasteiger partial charge is 0.393 e.